The van der Waals surface area contributed by atoms with Gasteiger partial charge in [-0.2, -0.15) is 0 Å². The van der Waals surface area contributed by atoms with Crippen molar-refractivity contribution in [3.8, 4) is 0 Å². The van der Waals surface area contributed by atoms with E-state index in [-0.39, 0.29) is 10.9 Å². The summed E-state index contributed by atoms with van der Waals surface area (Å²) in [6, 6.07) is 1.83. The zero-order chi connectivity index (χ0) is 22.0. The highest BCUT2D eigenvalue weighted by Gasteiger charge is 2.38. The van der Waals surface area contributed by atoms with Crippen molar-refractivity contribution in [1.29, 1.82) is 0 Å². The number of carbonyl (C=O) groups is 1. The Labute approximate surface area is 182 Å². The number of likely N-dealkylation sites (tertiary alicyclic amines) is 1. The number of aromatic nitrogens is 1. The van der Waals surface area contributed by atoms with Crippen LogP contribution in [0.4, 0.5) is 5.69 Å². The van der Waals surface area contributed by atoms with Crippen molar-refractivity contribution in [3.05, 3.63) is 23.0 Å². The zero-order valence-electron chi connectivity index (χ0n) is 19.4. The summed E-state index contributed by atoms with van der Waals surface area (Å²) < 4.78 is 6.43. The van der Waals surface area contributed by atoms with E-state index >= 15 is 0 Å². The summed E-state index contributed by atoms with van der Waals surface area (Å²) in [7, 11) is -1.72. The molecule has 1 atom stereocenters. The lowest BCUT2D eigenvalue weighted by molar-refractivity contribution is -0.123. The van der Waals surface area contributed by atoms with Crippen molar-refractivity contribution in [3.63, 3.8) is 0 Å². The van der Waals surface area contributed by atoms with Crippen molar-refractivity contribution >= 4 is 31.5 Å². The molecule has 29 heavy (non-hydrogen) atoms. The highest BCUT2D eigenvalue weighted by molar-refractivity contribution is 6.74. The van der Waals surface area contributed by atoms with Gasteiger partial charge in [0.1, 0.15) is 5.15 Å². The summed E-state index contributed by atoms with van der Waals surface area (Å²) in [4.78, 5) is 19.1. The van der Waals surface area contributed by atoms with Gasteiger partial charge in [-0.15, -0.1) is 0 Å². The highest BCUT2D eigenvalue weighted by Crippen LogP contribution is 2.37. The average molecular weight is 440 g/mol. The molecule has 0 bridgehead atoms. The Kier molecular flexibility index (Phi) is 7.58. The van der Waals surface area contributed by atoms with Gasteiger partial charge >= 0.3 is 0 Å². The monoisotopic (exact) mass is 439 g/mol. The van der Waals surface area contributed by atoms with Crippen molar-refractivity contribution in [1.82, 2.24) is 9.88 Å². The number of rotatable bonds is 6. The Morgan fingerprint density at radius 3 is 2.55 bits per heavy atom. The summed E-state index contributed by atoms with van der Waals surface area (Å²) in [5, 5.41) is 3.72. The molecule has 1 fully saturated rings. The first-order valence-electron chi connectivity index (χ1n) is 10.5. The van der Waals surface area contributed by atoms with Crippen LogP contribution < -0.4 is 5.32 Å². The first-order valence-corrected chi connectivity index (χ1v) is 13.8. The largest absolute Gasteiger partial charge is 0.416 e. The lowest BCUT2D eigenvalue weighted by Gasteiger charge is -2.37. The van der Waals surface area contributed by atoms with Gasteiger partial charge in [0.25, 0.3) is 0 Å². The van der Waals surface area contributed by atoms with Gasteiger partial charge in [0.15, 0.2) is 8.32 Å². The van der Waals surface area contributed by atoms with Crippen LogP contribution in [0.3, 0.4) is 0 Å². The fourth-order valence-corrected chi connectivity index (χ4v) is 4.31. The normalized spacial score (nSPS) is 18.9. The third kappa shape index (κ3) is 6.51. The van der Waals surface area contributed by atoms with Gasteiger partial charge in [0.05, 0.1) is 0 Å². The Morgan fingerprint density at radius 2 is 1.97 bits per heavy atom. The molecule has 2 rings (SSSR count). The second-order valence-electron chi connectivity index (χ2n) is 10.8. The minimum absolute atomic E-state index is 0.0249. The number of hydrogen-bond donors (Lipinski definition) is 1. The summed E-state index contributed by atoms with van der Waals surface area (Å²) in [6.45, 7) is 20.6. The molecule has 1 saturated heterocycles. The van der Waals surface area contributed by atoms with Crippen LogP contribution in [0, 0.1) is 11.3 Å². The van der Waals surface area contributed by atoms with E-state index in [0.717, 1.165) is 37.4 Å². The second-order valence-corrected chi connectivity index (χ2v) is 16.0. The smallest absolute Gasteiger partial charge is 0.229 e. The van der Waals surface area contributed by atoms with Gasteiger partial charge in [-0.05, 0) is 43.1 Å². The first-order chi connectivity index (χ1) is 13.2. The van der Waals surface area contributed by atoms with E-state index in [4.69, 9.17) is 16.0 Å². The van der Waals surface area contributed by atoms with E-state index < -0.39 is 13.7 Å². The molecular formula is C22H38ClN3O2Si. The molecule has 164 valence electrons. The molecule has 0 aromatic carbocycles. The lowest BCUT2D eigenvalue weighted by atomic mass is 9.95. The molecule has 1 aromatic heterocycles. The lowest BCUT2D eigenvalue weighted by Crippen LogP contribution is -2.42. The van der Waals surface area contributed by atoms with Crippen LogP contribution in [0.1, 0.15) is 53.5 Å². The van der Waals surface area contributed by atoms with Crippen molar-refractivity contribution < 1.29 is 9.22 Å². The number of hydrogen-bond acceptors (Lipinski definition) is 4. The van der Waals surface area contributed by atoms with Crippen LogP contribution in [-0.4, -0.2) is 43.8 Å². The summed E-state index contributed by atoms with van der Waals surface area (Å²) in [5.74, 6) is 0.510. The van der Waals surface area contributed by atoms with Gasteiger partial charge in [0.2, 0.25) is 5.91 Å². The van der Waals surface area contributed by atoms with E-state index in [2.05, 4.69) is 49.1 Å². The highest BCUT2D eigenvalue weighted by atomic mass is 35.5. The fraction of sp³-hybridized carbons (Fsp3) is 0.727. The van der Waals surface area contributed by atoms with E-state index in [1.54, 1.807) is 6.20 Å². The SMILES string of the molecule is CC(C)(C)C(=O)Nc1ccnc(Cl)c1CN1CC[C@H](CO[Si](C)(C)C(C)(C)C)C1. The van der Waals surface area contributed by atoms with E-state index in [0.29, 0.717) is 17.6 Å². The number of amides is 1. The van der Waals surface area contributed by atoms with Crippen molar-refractivity contribution in [2.24, 2.45) is 11.3 Å². The van der Waals surface area contributed by atoms with E-state index in [1.807, 2.05) is 26.8 Å². The number of carbonyl (C=O) groups excluding carboxylic acids is 1. The molecule has 0 unspecified atom stereocenters. The number of halogens is 1. The Bertz CT molecular complexity index is 726. The summed E-state index contributed by atoms with van der Waals surface area (Å²) >= 11 is 6.40. The predicted molar refractivity (Wildman–Crippen MR) is 124 cm³/mol. The molecule has 0 spiro atoms. The number of nitrogens with one attached hydrogen (secondary N) is 1. The summed E-state index contributed by atoms with van der Waals surface area (Å²) in [5.41, 5.74) is 1.18. The van der Waals surface area contributed by atoms with Gasteiger partial charge in [-0.25, -0.2) is 4.98 Å². The van der Waals surface area contributed by atoms with Crippen LogP contribution in [0.15, 0.2) is 12.3 Å². The molecule has 0 aliphatic carbocycles. The number of pyridine rings is 1. The first kappa shape index (κ1) is 24.3. The van der Waals surface area contributed by atoms with Gasteiger partial charge in [0, 0.05) is 42.6 Å². The number of anilines is 1. The predicted octanol–water partition coefficient (Wildman–Crippen LogP) is 5.56. The molecule has 0 saturated carbocycles. The molecule has 1 amide bonds. The van der Waals surface area contributed by atoms with Gasteiger partial charge < -0.3 is 9.74 Å². The second kappa shape index (κ2) is 9.04. The van der Waals surface area contributed by atoms with E-state index in [9.17, 15) is 4.79 Å². The Hall–Kier alpha value is -0.953. The Balaban J connectivity index is 2.00. The third-order valence-corrected chi connectivity index (χ3v) is 11.0. The summed E-state index contributed by atoms with van der Waals surface area (Å²) in [6.07, 6.45) is 2.76. The standard InChI is InChI=1S/C22H38ClN3O2Si/c1-21(2,3)20(27)25-18-9-11-24-19(23)17(18)14-26-12-10-16(13-26)15-28-29(7,8)22(4,5)6/h9,11,16H,10,12-15H2,1-8H3,(H,24,25,27)/t16-/m0/s1. The maximum absolute atomic E-state index is 12.4. The quantitative estimate of drug-likeness (QED) is 0.465. The maximum atomic E-state index is 12.4. The molecule has 1 N–H and O–H groups in total. The third-order valence-electron chi connectivity index (χ3n) is 6.17. The molecule has 1 aromatic rings. The zero-order valence-corrected chi connectivity index (χ0v) is 21.1. The van der Waals surface area contributed by atoms with Gasteiger partial charge in [-0.1, -0.05) is 53.1 Å². The average Bonchev–Trinajstić information content (AvgIpc) is 3.02. The maximum Gasteiger partial charge on any atom is 0.229 e. The molecule has 0 radical (unpaired) electrons. The van der Waals surface area contributed by atoms with Gasteiger partial charge in [-0.3, -0.25) is 9.69 Å². The molecule has 2 heterocycles. The van der Waals surface area contributed by atoms with Crippen LogP contribution in [0.25, 0.3) is 0 Å². The van der Waals surface area contributed by atoms with Crippen molar-refractivity contribution in [2.75, 3.05) is 25.0 Å². The fourth-order valence-electron chi connectivity index (χ4n) is 3.00. The van der Waals surface area contributed by atoms with Crippen LogP contribution >= 0.6 is 11.6 Å². The minimum atomic E-state index is -1.72. The topological polar surface area (TPSA) is 54.5 Å². The van der Waals surface area contributed by atoms with Crippen molar-refractivity contribution in [2.45, 2.75) is 72.6 Å². The molecule has 1 aliphatic heterocycles. The van der Waals surface area contributed by atoms with E-state index in [1.165, 1.54) is 0 Å². The van der Waals surface area contributed by atoms with Crippen LogP contribution in [0.2, 0.25) is 23.3 Å². The van der Waals surface area contributed by atoms with Crippen LogP contribution in [-0.2, 0) is 15.8 Å². The minimum Gasteiger partial charge on any atom is -0.416 e. The molecular weight excluding hydrogens is 402 g/mol. The Morgan fingerprint density at radius 1 is 1.31 bits per heavy atom. The molecule has 5 nitrogen and oxygen atoms in total. The number of nitrogens with zero attached hydrogens (tertiary/aromatic N) is 2. The molecule has 1 aliphatic rings. The molecule has 7 heteroatoms. The van der Waals surface area contributed by atoms with Crippen LogP contribution in [0.5, 0.6) is 0 Å².